The molecule has 0 aliphatic heterocycles. The molecule has 1 aromatic heterocycles. The van der Waals surface area contributed by atoms with Gasteiger partial charge in [-0.25, -0.2) is 9.97 Å². The number of aryl methyl sites for hydroxylation is 1. The Morgan fingerprint density at radius 3 is 1.38 bits per heavy atom. The van der Waals surface area contributed by atoms with E-state index in [1.54, 1.807) is 0 Å². The Balaban J connectivity index is 1.27. The van der Waals surface area contributed by atoms with Crippen LogP contribution in [0.2, 0.25) is 0 Å². The van der Waals surface area contributed by atoms with Crippen LogP contribution in [0.1, 0.15) is 33.4 Å². The molecule has 0 bridgehead atoms. The Labute approximate surface area is 303 Å². The lowest BCUT2D eigenvalue weighted by atomic mass is 9.66. The summed E-state index contributed by atoms with van der Waals surface area (Å²) in [5.41, 5.74) is 18.3. The van der Waals surface area contributed by atoms with E-state index < -0.39 is 5.41 Å². The molecule has 242 valence electrons. The molecule has 2 aliphatic rings. The molecule has 0 amide bonds. The van der Waals surface area contributed by atoms with Crippen molar-refractivity contribution in [1.29, 1.82) is 5.26 Å². The number of hydrogen-bond donors (Lipinski definition) is 0. The molecule has 3 heteroatoms. The zero-order chi connectivity index (χ0) is 34.8. The molecule has 1 spiro atoms. The third kappa shape index (κ3) is 4.38. The summed E-state index contributed by atoms with van der Waals surface area (Å²) in [6, 6.07) is 62.8. The Kier molecular flexibility index (Phi) is 6.68. The summed E-state index contributed by atoms with van der Waals surface area (Å²) < 4.78 is 0. The van der Waals surface area contributed by atoms with Crippen molar-refractivity contribution in [1.82, 2.24) is 9.97 Å². The molecule has 52 heavy (non-hydrogen) atoms. The van der Waals surface area contributed by atoms with Crippen LogP contribution in [-0.4, -0.2) is 9.97 Å². The molecule has 10 rings (SSSR count). The van der Waals surface area contributed by atoms with Gasteiger partial charge in [0.1, 0.15) is 0 Å². The van der Waals surface area contributed by atoms with Gasteiger partial charge in [0.25, 0.3) is 0 Å². The van der Waals surface area contributed by atoms with E-state index in [0.717, 1.165) is 28.1 Å². The lowest BCUT2D eigenvalue weighted by Crippen LogP contribution is -2.29. The van der Waals surface area contributed by atoms with Gasteiger partial charge in [-0.15, -0.1) is 0 Å². The smallest absolute Gasteiger partial charge is 0.160 e. The maximum Gasteiger partial charge on any atom is 0.160 e. The van der Waals surface area contributed by atoms with Crippen LogP contribution in [0.4, 0.5) is 0 Å². The van der Waals surface area contributed by atoms with Gasteiger partial charge in [-0.3, -0.25) is 0 Å². The van der Waals surface area contributed by atoms with Gasteiger partial charge in [-0.05, 0) is 86.8 Å². The number of fused-ring (bicyclic) bond motifs is 12. The van der Waals surface area contributed by atoms with Crippen LogP contribution >= 0.6 is 0 Å². The van der Waals surface area contributed by atoms with Gasteiger partial charge in [0.15, 0.2) is 5.82 Å². The second kappa shape index (κ2) is 11.6. The fourth-order valence-corrected chi connectivity index (χ4v) is 8.50. The summed E-state index contributed by atoms with van der Waals surface area (Å²) in [6.45, 7) is 2.09. The summed E-state index contributed by atoms with van der Waals surface area (Å²) in [5.74, 6) is 0.653. The molecule has 2 aliphatic carbocycles. The van der Waals surface area contributed by atoms with Crippen molar-refractivity contribution in [2.45, 2.75) is 12.3 Å². The minimum Gasteiger partial charge on any atom is -0.228 e. The molecule has 0 N–H and O–H groups in total. The first-order chi connectivity index (χ1) is 25.6. The summed E-state index contributed by atoms with van der Waals surface area (Å²) >= 11 is 0. The first-order valence-corrected chi connectivity index (χ1v) is 17.6. The normalized spacial score (nSPS) is 12.8. The highest BCUT2D eigenvalue weighted by Crippen LogP contribution is 2.61. The largest absolute Gasteiger partial charge is 0.228 e. The molecule has 0 saturated heterocycles. The van der Waals surface area contributed by atoms with E-state index in [1.165, 1.54) is 61.2 Å². The molecule has 0 saturated carbocycles. The Bertz CT molecular complexity index is 2710. The number of hydrogen-bond acceptors (Lipinski definition) is 3. The zero-order valence-corrected chi connectivity index (χ0v) is 28.5. The molecular formula is C49H31N3. The maximum atomic E-state index is 9.46. The van der Waals surface area contributed by atoms with Gasteiger partial charge in [0.05, 0.1) is 28.4 Å². The van der Waals surface area contributed by atoms with E-state index in [9.17, 15) is 5.26 Å². The molecule has 0 unspecified atom stereocenters. The Morgan fingerprint density at radius 2 is 0.846 bits per heavy atom. The average molecular weight is 662 g/mol. The van der Waals surface area contributed by atoms with Gasteiger partial charge < -0.3 is 0 Å². The van der Waals surface area contributed by atoms with Crippen molar-refractivity contribution in [3.8, 4) is 73.4 Å². The second-order valence-corrected chi connectivity index (χ2v) is 13.7. The monoisotopic (exact) mass is 661 g/mol. The molecule has 3 nitrogen and oxygen atoms in total. The highest BCUT2D eigenvalue weighted by atomic mass is 14.9. The maximum absolute atomic E-state index is 9.46. The molecule has 0 radical (unpaired) electrons. The van der Waals surface area contributed by atoms with Crippen LogP contribution in [0.5, 0.6) is 0 Å². The predicted molar refractivity (Wildman–Crippen MR) is 210 cm³/mol. The number of nitrogens with zero attached hydrogens (tertiary/aromatic N) is 3. The average Bonchev–Trinajstić information content (AvgIpc) is 3.46. The summed E-state index contributed by atoms with van der Waals surface area (Å²) in [4.78, 5) is 10.4. The van der Waals surface area contributed by atoms with Crippen molar-refractivity contribution in [2.24, 2.45) is 0 Å². The molecular weight excluding hydrogens is 631 g/mol. The van der Waals surface area contributed by atoms with Crippen molar-refractivity contribution in [2.75, 3.05) is 0 Å². The highest BCUT2D eigenvalue weighted by Gasteiger charge is 2.49. The van der Waals surface area contributed by atoms with E-state index in [1.807, 2.05) is 30.3 Å². The van der Waals surface area contributed by atoms with E-state index in [4.69, 9.17) is 9.97 Å². The first kappa shape index (κ1) is 30.0. The summed E-state index contributed by atoms with van der Waals surface area (Å²) in [5, 5.41) is 9.46. The van der Waals surface area contributed by atoms with Crippen molar-refractivity contribution in [3.05, 3.63) is 203 Å². The van der Waals surface area contributed by atoms with Crippen molar-refractivity contribution < 1.29 is 0 Å². The van der Waals surface area contributed by atoms with E-state index in [2.05, 4.69) is 153 Å². The van der Waals surface area contributed by atoms with Crippen LogP contribution in [-0.2, 0) is 5.41 Å². The SMILES string of the molecule is Cc1ccc(-c2cc(-c3ccc(C#N)cc3)nc(-c3ccc4c(c3)-c3ccccc3-c3ccccc3C43c4ccccc4-c4ccccc43)n2)cc1. The fraction of sp³-hybridized carbons (Fsp3) is 0.0408. The summed E-state index contributed by atoms with van der Waals surface area (Å²) in [6.07, 6.45) is 0. The Morgan fingerprint density at radius 1 is 0.423 bits per heavy atom. The van der Waals surface area contributed by atoms with Crippen LogP contribution in [0, 0.1) is 18.3 Å². The number of nitriles is 1. The lowest BCUT2D eigenvalue weighted by molar-refractivity contribution is 0.775. The highest BCUT2D eigenvalue weighted by molar-refractivity contribution is 5.98. The fourth-order valence-electron chi connectivity index (χ4n) is 8.50. The second-order valence-electron chi connectivity index (χ2n) is 13.7. The van der Waals surface area contributed by atoms with Gasteiger partial charge >= 0.3 is 0 Å². The zero-order valence-electron chi connectivity index (χ0n) is 28.5. The van der Waals surface area contributed by atoms with Crippen LogP contribution in [0.15, 0.2) is 170 Å². The third-order valence-electron chi connectivity index (χ3n) is 10.9. The van der Waals surface area contributed by atoms with Gasteiger partial charge in [0.2, 0.25) is 0 Å². The topological polar surface area (TPSA) is 49.6 Å². The third-order valence-corrected chi connectivity index (χ3v) is 10.9. The summed E-state index contributed by atoms with van der Waals surface area (Å²) in [7, 11) is 0. The van der Waals surface area contributed by atoms with E-state index in [-0.39, 0.29) is 0 Å². The quantitative estimate of drug-likeness (QED) is 0.189. The van der Waals surface area contributed by atoms with E-state index >= 15 is 0 Å². The van der Waals surface area contributed by atoms with Gasteiger partial charge in [-0.1, -0.05) is 151 Å². The molecule has 0 atom stereocenters. The predicted octanol–water partition coefficient (Wildman–Crippen LogP) is 11.7. The minimum absolute atomic E-state index is 0.533. The van der Waals surface area contributed by atoms with Crippen LogP contribution in [0.25, 0.3) is 67.3 Å². The molecule has 8 aromatic rings. The Hall–Kier alpha value is -6.89. The first-order valence-electron chi connectivity index (χ1n) is 17.6. The van der Waals surface area contributed by atoms with Crippen molar-refractivity contribution >= 4 is 0 Å². The van der Waals surface area contributed by atoms with Crippen LogP contribution in [0.3, 0.4) is 0 Å². The molecule has 1 heterocycles. The number of aromatic nitrogens is 2. The van der Waals surface area contributed by atoms with Gasteiger partial charge in [0, 0.05) is 16.7 Å². The van der Waals surface area contributed by atoms with E-state index in [0.29, 0.717) is 11.4 Å². The van der Waals surface area contributed by atoms with Gasteiger partial charge in [-0.2, -0.15) is 5.26 Å². The van der Waals surface area contributed by atoms with Crippen LogP contribution < -0.4 is 0 Å². The molecule has 7 aromatic carbocycles. The number of rotatable bonds is 3. The minimum atomic E-state index is -0.533. The van der Waals surface area contributed by atoms with Crippen molar-refractivity contribution in [3.63, 3.8) is 0 Å². The molecule has 0 fully saturated rings. The standard InChI is InChI=1S/C49H31N3/c1-31-18-22-33(23-19-31)46-29-47(34-24-20-32(30-50)21-25-34)52-48(51-46)35-26-27-45-41(28-35)37-11-3-2-10-36(37)38-12-4-7-15-42(38)49(45)43-16-8-5-13-39(43)40-14-6-9-17-44(40)49/h2-29H,1H3. The lowest BCUT2D eigenvalue weighted by Gasteiger charge is -2.35. The number of benzene rings is 7.